The van der Waals surface area contributed by atoms with E-state index in [9.17, 15) is 9.18 Å². The molecule has 0 spiro atoms. The highest BCUT2D eigenvalue weighted by Crippen LogP contribution is 2.02. The lowest BCUT2D eigenvalue weighted by Crippen LogP contribution is -1.92. The highest BCUT2D eigenvalue weighted by molar-refractivity contribution is 5.66. The third-order valence-electron chi connectivity index (χ3n) is 3.25. The average Bonchev–Trinajstić information content (AvgIpc) is 2.53. The van der Waals surface area contributed by atoms with E-state index in [0.29, 0.717) is 12.8 Å². The minimum atomic E-state index is -0.725. The van der Waals surface area contributed by atoms with Crippen molar-refractivity contribution in [3.05, 3.63) is 48.6 Å². The van der Waals surface area contributed by atoms with Gasteiger partial charge in [0, 0.05) is 6.42 Å². The van der Waals surface area contributed by atoms with Gasteiger partial charge in [-0.15, -0.1) is 0 Å². The molecule has 0 amide bonds. The molecule has 0 atom stereocenters. The quantitative estimate of drug-likeness (QED) is 0.289. The standard InChI is InChI=1S/C20H31FO2/c21-19-17-15-13-11-9-7-5-3-1-2-4-6-8-10-12-14-16-18-20(22)23/h1,3-4,6-7,9-10,12H,2,5,8,11,13-19H2,(H,22,23)/b3-1-,6-4-,9-7-,12-10-. The lowest BCUT2D eigenvalue weighted by Gasteiger charge is -1.92. The Kier molecular flexibility index (Phi) is 17.1. The van der Waals surface area contributed by atoms with E-state index < -0.39 is 5.97 Å². The van der Waals surface area contributed by atoms with E-state index in [4.69, 9.17) is 5.11 Å². The van der Waals surface area contributed by atoms with Crippen LogP contribution in [0.5, 0.6) is 0 Å². The molecule has 0 unspecified atom stereocenters. The predicted molar refractivity (Wildman–Crippen MR) is 96.3 cm³/mol. The molecule has 0 saturated carbocycles. The van der Waals surface area contributed by atoms with Crippen LogP contribution >= 0.6 is 0 Å². The Labute approximate surface area is 140 Å². The normalized spacial score (nSPS) is 12.4. The molecule has 0 heterocycles. The second kappa shape index (κ2) is 18.4. The summed E-state index contributed by atoms with van der Waals surface area (Å²) in [5.41, 5.74) is 0. The van der Waals surface area contributed by atoms with Crippen molar-refractivity contribution in [3.8, 4) is 0 Å². The molecule has 0 bridgehead atoms. The molecule has 0 radical (unpaired) electrons. The fraction of sp³-hybridized carbons (Fsp3) is 0.550. The highest BCUT2D eigenvalue weighted by atomic mass is 19.1. The average molecular weight is 322 g/mol. The Morgan fingerprint density at radius 2 is 1.17 bits per heavy atom. The molecule has 2 nitrogen and oxygen atoms in total. The number of aliphatic carboxylic acids is 1. The minimum Gasteiger partial charge on any atom is -0.481 e. The molecule has 3 heteroatoms. The zero-order chi connectivity index (χ0) is 17.0. The third kappa shape index (κ3) is 20.4. The van der Waals surface area contributed by atoms with Crippen LogP contribution in [0.25, 0.3) is 0 Å². The summed E-state index contributed by atoms with van der Waals surface area (Å²) in [4.78, 5) is 10.3. The monoisotopic (exact) mass is 322 g/mol. The van der Waals surface area contributed by atoms with E-state index in [1.165, 1.54) is 0 Å². The highest BCUT2D eigenvalue weighted by Gasteiger charge is 1.92. The number of hydrogen-bond acceptors (Lipinski definition) is 1. The maximum atomic E-state index is 11.9. The van der Waals surface area contributed by atoms with Gasteiger partial charge in [-0.05, 0) is 51.4 Å². The minimum absolute atomic E-state index is 0.194. The molecule has 0 aromatic heterocycles. The summed E-state index contributed by atoms with van der Waals surface area (Å²) >= 11 is 0. The summed E-state index contributed by atoms with van der Waals surface area (Å²) < 4.78 is 11.9. The van der Waals surface area contributed by atoms with E-state index in [-0.39, 0.29) is 13.1 Å². The van der Waals surface area contributed by atoms with E-state index >= 15 is 0 Å². The maximum Gasteiger partial charge on any atom is 0.303 e. The van der Waals surface area contributed by atoms with Crippen LogP contribution in [-0.4, -0.2) is 17.8 Å². The van der Waals surface area contributed by atoms with Crippen molar-refractivity contribution in [1.82, 2.24) is 0 Å². The Balaban J connectivity index is 3.39. The number of carboxylic acids is 1. The first-order valence-corrected chi connectivity index (χ1v) is 8.65. The zero-order valence-corrected chi connectivity index (χ0v) is 14.1. The van der Waals surface area contributed by atoms with Crippen LogP contribution < -0.4 is 0 Å². The molecule has 0 aromatic rings. The number of carboxylic acid groups (broad SMARTS) is 1. The van der Waals surface area contributed by atoms with Crippen LogP contribution in [0.4, 0.5) is 4.39 Å². The fourth-order valence-corrected chi connectivity index (χ4v) is 1.95. The molecule has 0 aliphatic heterocycles. The van der Waals surface area contributed by atoms with Gasteiger partial charge in [0.05, 0.1) is 6.67 Å². The molecule has 130 valence electrons. The molecule has 0 saturated heterocycles. The summed E-state index contributed by atoms with van der Waals surface area (Å²) in [6.07, 6.45) is 25.4. The third-order valence-corrected chi connectivity index (χ3v) is 3.25. The van der Waals surface area contributed by atoms with Crippen LogP contribution in [-0.2, 0) is 4.79 Å². The zero-order valence-electron chi connectivity index (χ0n) is 14.1. The first-order valence-electron chi connectivity index (χ1n) is 8.65. The van der Waals surface area contributed by atoms with Crippen LogP contribution in [0, 0.1) is 0 Å². The van der Waals surface area contributed by atoms with Gasteiger partial charge in [-0.3, -0.25) is 9.18 Å². The molecule has 0 aromatic carbocycles. The molecular weight excluding hydrogens is 291 g/mol. The van der Waals surface area contributed by atoms with Crippen molar-refractivity contribution >= 4 is 5.97 Å². The lowest BCUT2D eigenvalue weighted by molar-refractivity contribution is -0.137. The van der Waals surface area contributed by atoms with Gasteiger partial charge in [-0.2, -0.15) is 0 Å². The van der Waals surface area contributed by atoms with Gasteiger partial charge in [-0.25, -0.2) is 0 Å². The number of carbonyl (C=O) groups is 1. The van der Waals surface area contributed by atoms with Crippen LogP contribution in [0.15, 0.2) is 48.6 Å². The summed E-state index contributed by atoms with van der Waals surface area (Å²) in [7, 11) is 0. The Bertz CT molecular complexity index is 381. The molecular formula is C20H31FO2. The van der Waals surface area contributed by atoms with Gasteiger partial charge in [-0.1, -0.05) is 55.0 Å². The van der Waals surface area contributed by atoms with E-state index in [0.717, 1.165) is 44.9 Å². The smallest absolute Gasteiger partial charge is 0.303 e. The van der Waals surface area contributed by atoms with Gasteiger partial charge < -0.3 is 5.11 Å². The van der Waals surface area contributed by atoms with Crippen molar-refractivity contribution in [2.24, 2.45) is 0 Å². The Hall–Kier alpha value is -1.64. The van der Waals surface area contributed by atoms with Crippen molar-refractivity contribution in [1.29, 1.82) is 0 Å². The van der Waals surface area contributed by atoms with Gasteiger partial charge >= 0.3 is 5.97 Å². The largest absolute Gasteiger partial charge is 0.481 e. The van der Waals surface area contributed by atoms with Gasteiger partial charge in [0.15, 0.2) is 0 Å². The topological polar surface area (TPSA) is 37.3 Å². The number of alkyl halides is 1. The summed E-state index contributed by atoms with van der Waals surface area (Å²) in [5.74, 6) is -0.725. The number of unbranched alkanes of at least 4 members (excludes halogenated alkanes) is 4. The van der Waals surface area contributed by atoms with Crippen LogP contribution in [0.3, 0.4) is 0 Å². The number of allylic oxidation sites excluding steroid dienone is 8. The summed E-state index contributed by atoms with van der Waals surface area (Å²) in [6, 6.07) is 0. The second-order valence-corrected chi connectivity index (χ2v) is 5.42. The fourth-order valence-electron chi connectivity index (χ4n) is 1.95. The van der Waals surface area contributed by atoms with Crippen LogP contribution in [0.1, 0.15) is 64.2 Å². The molecule has 1 N–H and O–H groups in total. The molecule has 0 rings (SSSR count). The van der Waals surface area contributed by atoms with E-state index in [2.05, 4.69) is 42.5 Å². The number of hydrogen-bond donors (Lipinski definition) is 1. The van der Waals surface area contributed by atoms with Gasteiger partial charge in [0.2, 0.25) is 0 Å². The molecule has 0 aliphatic rings. The van der Waals surface area contributed by atoms with Gasteiger partial charge in [0.25, 0.3) is 0 Å². The van der Waals surface area contributed by atoms with Crippen molar-refractivity contribution in [2.45, 2.75) is 64.2 Å². The SMILES string of the molecule is O=C(O)CCC/C=C\C/C=C\C/C=C\C/C=C\CCCCCF. The van der Waals surface area contributed by atoms with E-state index in [1.54, 1.807) is 0 Å². The molecule has 0 aliphatic carbocycles. The second-order valence-electron chi connectivity index (χ2n) is 5.42. The molecule has 23 heavy (non-hydrogen) atoms. The lowest BCUT2D eigenvalue weighted by atomic mass is 10.2. The maximum absolute atomic E-state index is 11.9. The van der Waals surface area contributed by atoms with E-state index in [1.807, 2.05) is 6.08 Å². The van der Waals surface area contributed by atoms with Gasteiger partial charge in [0.1, 0.15) is 0 Å². The number of halogens is 1. The Morgan fingerprint density at radius 1 is 0.696 bits per heavy atom. The summed E-state index contributed by atoms with van der Waals surface area (Å²) in [6.45, 7) is -0.194. The first kappa shape index (κ1) is 21.4. The Morgan fingerprint density at radius 3 is 1.65 bits per heavy atom. The van der Waals surface area contributed by atoms with Crippen molar-refractivity contribution in [3.63, 3.8) is 0 Å². The predicted octanol–water partition coefficient (Wildman–Crippen LogP) is 6.17. The summed E-state index contributed by atoms with van der Waals surface area (Å²) in [5, 5.41) is 8.49. The first-order chi connectivity index (χ1) is 11.3. The van der Waals surface area contributed by atoms with Crippen molar-refractivity contribution in [2.75, 3.05) is 6.67 Å². The molecule has 0 fully saturated rings. The van der Waals surface area contributed by atoms with Crippen LogP contribution in [0.2, 0.25) is 0 Å². The number of rotatable bonds is 15. The van der Waals surface area contributed by atoms with Crippen molar-refractivity contribution < 1.29 is 14.3 Å².